The number of hydrogen-bond donors (Lipinski definition) is 1. The lowest BCUT2D eigenvalue weighted by atomic mass is 9.96. The molecule has 0 aliphatic carbocycles. The predicted molar refractivity (Wildman–Crippen MR) is 69.6 cm³/mol. The van der Waals surface area contributed by atoms with E-state index in [-0.39, 0.29) is 11.8 Å². The molecule has 1 heterocycles. The molecule has 1 amide bonds. The monoisotopic (exact) mass is 235 g/mol. The van der Waals surface area contributed by atoms with E-state index < -0.39 is 0 Å². The van der Waals surface area contributed by atoms with Gasteiger partial charge in [-0.25, -0.2) is 0 Å². The normalized spacial score (nSPS) is 12.5. The highest BCUT2D eigenvalue weighted by Gasteiger charge is 2.22. The van der Waals surface area contributed by atoms with Gasteiger partial charge in [-0.2, -0.15) is 0 Å². The molecule has 1 aromatic rings. The van der Waals surface area contributed by atoms with Crippen LogP contribution in [0.15, 0.2) is 24.5 Å². The van der Waals surface area contributed by atoms with Crippen LogP contribution in [0.1, 0.15) is 20.3 Å². The number of carbonyl (C=O) groups is 1. The molecule has 0 radical (unpaired) electrons. The first kappa shape index (κ1) is 13.6. The van der Waals surface area contributed by atoms with Crippen LogP contribution >= 0.6 is 0 Å². The van der Waals surface area contributed by atoms with Gasteiger partial charge in [0.25, 0.3) is 0 Å². The number of nitrogens with zero attached hydrogens (tertiary/aromatic N) is 2. The Balaban J connectivity index is 2.74. The molecule has 0 saturated carbocycles. The van der Waals surface area contributed by atoms with Crippen LogP contribution in [-0.2, 0) is 4.79 Å². The molecule has 94 valence electrons. The van der Waals surface area contributed by atoms with Crippen molar-refractivity contribution in [1.82, 2.24) is 4.98 Å². The number of hydrogen-bond acceptors (Lipinski definition) is 3. The number of aromatic nitrogens is 1. The third-order valence-corrected chi connectivity index (χ3v) is 2.75. The Labute approximate surface area is 103 Å². The lowest BCUT2D eigenvalue weighted by Gasteiger charge is -2.23. The topological polar surface area (TPSA) is 59.2 Å². The van der Waals surface area contributed by atoms with Gasteiger partial charge in [0, 0.05) is 19.8 Å². The second-order valence-electron chi connectivity index (χ2n) is 4.67. The molecule has 0 bridgehead atoms. The lowest BCUT2D eigenvalue weighted by Crippen LogP contribution is -2.37. The molecule has 17 heavy (non-hydrogen) atoms. The molecule has 1 unspecified atom stereocenters. The first-order chi connectivity index (χ1) is 8.06. The summed E-state index contributed by atoms with van der Waals surface area (Å²) in [5.74, 6) is 0.421. The minimum atomic E-state index is -0.111. The average molecular weight is 235 g/mol. The zero-order valence-corrected chi connectivity index (χ0v) is 10.8. The smallest absolute Gasteiger partial charge is 0.231 e. The van der Waals surface area contributed by atoms with Crippen molar-refractivity contribution in [3.8, 4) is 0 Å². The van der Waals surface area contributed by atoms with Gasteiger partial charge in [-0.15, -0.1) is 0 Å². The van der Waals surface area contributed by atoms with Gasteiger partial charge in [0.1, 0.15) is 0 Å². The van der Waals surface area contributed by atoms with E-state index in [1.54, 1.807) is 24.3 Å². The number of pyridine rings is 1. The average Bonchev–Trinajstić information content (AvgIpc) is 2.35. The molecule has 0 aromatic carbocycles. The Kier molecular flexibility index (Phi) is 5.10. The van der Waals surface area contributed by atoms with Gasteiger partial charge in [0.15, 0.2) is 0 Å². The highest BCUT2D eigenvalue weighted by Crippen LogP contribution is 2.17. The lowest BCUT2D eigenvalue weighted by molar-refractivity contribution is -0.122. The largest absolute Gasteiger partial charge is 0.330 e. The van der Waals surface area contributed by atoms with Crippen LogP contribution in [0.25, 0.3) is 0 Å². The zero-order chi connectivity index (χ0) is 12.8. The van der Waals surface area contributed by atoms with Crippen molar-refractivity contribution in [3.05, 3.63) is 24.5 Å². The van der Waals surface area contributed by atoms with Crippen LogP contribution in [0.5, 0.6) is 0 Å². The first-order valence-electron chi connectivity index (χ1n) is 5.94. The van der Waals surface area contributed by atoms with Crippen molar-refractivity contribution in [2.75, 3.05) is 18.5 Å². The molecule has 0 fully saturated rings. The van der Waals surface area contributed by atoms with Gasteiger partial charge in [-0.3, -0.25) is 9.78 Å². The third-order valence-electron chi connectivity index (χ3n) is 2.75. The highest BCUT2D eigenvalue weighted by atomic mass is 16.2. The predicted octanol–water partition coefficient (Wildman–Crippen LogP) is 1.67. The van der Waals surface area contributed by atoms with Crippen molar-refractivity contribution in [3.63, 3.8) is 0 Å². The second kappa shape index (κ2) is 6.35. The maximum absolute atomic E-state index is 12.2. The fraction of sp³-hybridized carbons (Fsp3) is 0.538. The van der Waals surface area contributed by atoms with Gasteiger partial charge >= 0.3 is 0 Å². The molecule has 1 aromatic heterocycles. The van der Waals surface area contributed by atoms with Crippen LogP contribution < -0.4 is 10.6 Å². The van der Waals surface area contributed by atoms with E-state index in [0.717, 1.165) is 12.1 Å². The SMILES string of the molecule is CC(C)CC(CN)C(=O)N(C)c1cccnc1. The Morgan fingerprint density at radius 3 is 2.71 bits per heavy atom. The number of nitrogens with two attached hydrogens (primary N) is 1. The van der Waals surface area contributed by atoms with Crippen LogP contribution in [0.3, 0.4) is 0 Å². The van der Waals surface area contributed by atoms with Crippen LogP contribution in [0.4, 0.5) is 5.69 Å². The van der Waals surface area contributed by atoms with Gasteiger partial charge in [0.2, 0.25) is 5.91 Å². The highest BCUT2D eigenvalue weighted by molar-refractivity contribution is 5.94. The molecule has 4 nitrogen and oxygen atoms in total. The van der Waals surface area contributed by atoms with E-state index in [4.69, 9.17) is 5.73 Å². The minimum Gasteiger partial charge on any atom is -0.330 e. The fourth-order valence-electron chi connectivity index (χ4n) is 1.82. The quantitative estimate of drug-likeness (QED) is 0.844. The van der Waals surface area contributed by atoms with Gasteiger partial charge < -0.3 is 10.6 Å². The summed E-state index contributed by atoms with van der Waals surface area (Å²) < 4.78 is 0. The number of anilines is 1. The van der Waals surface area contributed by atoms with Gasteiger partial charge in [0.05, 0.1) is 17.8 Å². The van der Waals surface area contributed by atoms with Crippen molar-refractivity contribution < 1.29 is 4.79 Å². The van der Waals surface area contributed by atoms with E-state index >= 15 is 0 Å². The Hall–Kier alpha value is -1.42. The number of amides is 1. The summed E-state index contributed by atoms with van der Waals surface area (Å²) in [4.78, 5) is 17.9. The van der Waals surface area contributed by atoms with E-state index in [9.17, 15) is 4.79 Å². The zero-order valence-electron chi connectivity index (χ0n) is 10.8. The summed E-state index contributed by atoms with van der Waals surface area (Å²) in [6, 6.07) is 3.69. The van der Waals surface area contributed by atoms with Gasteiger partial charge in [-0.05, 0) is 24.5 Å². The molecule has 0 spiro atoms. The molecule has 2 N–H and O–H groups in total. The molecule has 0 aliphatic heterocycles. The number of rotatable bonds is 5. The molecule has 0 aliphatic rings. The summed E-state index contributed by atoms with van der Waals surface area (Å²) in [6.07, 6.45) is 4.19. The van der Waals surface area contributed by atoms with Gasteiger partial charge in [-0.1, -0.05) is 13.8 Å². The van der Waals surface area contributed by atoms with Crippen molar-refractivity contribution >= 4 is 11.6 Å². The Morgan fingerprint density at radius 1 is 1.53 bits per heavy atom. The molecule has 0 saturated heterocycles. The van der Waals surface area contributed by atoms with Crippen molar-refractivity contribution in [1.29, 1.82) is 0 Å². The summed E-state index contributed by atoms with van der Waals surface area (Å²) in [5, 5.41) is 0. The third kappa shape index (κ3) is 3.82. The van der Waals surface area contributed by atoms with E-state index in [0.29, 0.717) is 12.5 Å². The molecular weight excluding hydrogens is 214 g/mol. The van der Waals surface area contributed by atoms with E-state index in [1.807, 2.05) is 12.1 Å². The Bertz CT molecular complexity index is 351. The molecule has 1 atom stereocenters. The van der Waals surface area contributed by atoms with Crippen LogP contribution in [0.2, 0.25) is 0 Å². The maximum atomic E-state index is 12.2. The van der Waals surface area contributed by atoms with Crippen LogP contribution in [0, 0.1) is 11.8 Å². The summed E-state index contributed by atoms with van der Waals surface area (Å²) in [5.41, 5.74) is 6.48. The van der Waals surface area contributed by atoms with Crippen molar-refractivity contribution in [2.45, 2.75) is 20.3 Å². The standard InChI is InChI=1S/C13H21N3O/c1-10(2)7-11(8-14)13(17)16(3)12-5-4-6-15-9-12/h4-6,9-11H,7-8,14H2,1-3H3. The van der Waals surface area contributed by atoms with Crippen molar-refractivity contribution in [2.24, 2.45) is 17.6 Å². The summed E-state index contributed by atoms with van der Waals surface area (Å²) in [6.45, 7) is 4.58. The maximum Gasteiger partial charge on any atom is 0.231 e. The van der Waals surface area contributed by atoms with E-state index in [2.05, 4.69) is 18.8 Å². The second-order valence-corrected chi connectivity index (χ2v) is 4.67. The summed E-state index contributed by atoms with van der Waals surface area (Å²) >= 11 is 0. The Morgan fingerprint density at radius 2 is 2.24 bits per heavy atom. The number of carbonyl (C=O) groups excluding carboxylic acids is 1. The minimum absolute atomic E-state index is 0.0641. The molecule has 1 rings (SSSR count). The summed E-state index contributed by atoms with van der Waals surface area (Å²) in [7, 11) is 1.77. The first-order valence-corrected chi connectivity index (χ1v) is 5.94. The van der Waals surface area contributed by atoms with E-state index in [1.165, 1.54) is 0 Å². The van der Waals surface area contributed by atoms with Crippen LogP contribution in [-0.4, -0.2) is 24.5 Å². The molecular formula is C13H21N3O. The fourth-order valence-corrected chi connectivity index (χ4v) is 1.82. The molecule has 4 heteroatoms.